The van der Waals surface area contributed by atoms with E-state index in [-0.39, 0.29) is 11.8 Å². The molecule has 3 heteroatoms. The summed E-state index contributed by atoms with van der Waals surface area (Å²) in [6, 6.07) is 5.92. The van der Waals surface area contributed by atoms with E-state index in [2.05, 4.69) is 0 Å². The molecule has 0 atom stereocenters. The van der Waals surface area contributed by atoms with Gasteiger partial charge in [-0.25, -0.2) is 9.18 Å². The van der Waals surface area contributed by atoms with Gasteiger partial charge in [-0.3, -0.25) is 0 Å². The van der Waals surface area contributed by atoms with E-state index in [4.69, 9.17) is 4.74 Å². The van der Waals surface area contributed by atoms with Crippen LogP contribution >= 0.6 is 0 Å². The number of hydrogen-bond acceptors (Lipinski definition) is 2. The molecular weight excluding hydrogens is 195 g/mol. The smallest absolute Gasteiger partial charge is 0.333 e. The Labute approximate surface area is 88.4 Å². The molecule has 0 bridgehead atoms. The Morgan fingerprint density at radius 1 is 1.40 bits per heavy atom. The maximum Gasteiger partial charge on any atom is 0.333 e. The lowest BCUT2D eigenvalue weighted by Crippen LogP contribution is -2.04. The van der Waals surface area contributed by atoms with E-state index in [0.29, 0.717) is 12.2 Å². The van der Waals surface area contributed by atoms with Gasteiger partial charge in [0.05, 0.1) is 6.61 Å². The largest absolute Gasteiger partial charge is 0.463 e. The Morgan fingerprint density at radius 2 is 2.00 bits per heavy atom. The summed E-state index contributed by atoms with van der Waals surface area (Å²) < 4.78 is 17.4. The van der Waals surface area contributed by atoms with Crippen molar-refractivity contribution in [1.29, 1.82) is 0 Å². The van der Waals surface area contributed by atoms with E-state index in [1.54, 1.807) is 32.1 Å². The first-order chi connectivity index (χ1) is 7.13. The van der Waals surface area contributed by atoms with Crippen LogP contribution in [0.2, 0.25) is 0 Å². The maximum atomic E-state index is 12.6. The van der Waals surface area contributed by atoms with Crippen molar-refractivity contribution in [2.24, 2.45) is 0 Å². The van der Waals surface area contributed by atoms with Crippen molar-refractivity contribution in [3.05, 3.63) is 41.2 Å². The number of halogens is 1. The standard InChI is InChI=1S/C12H13FO2/c1-3-15-12(14)9(2)8-10-4-6-11(13)7-5-10/h4-8H,3H2,1-2H3. The predicted molar refractivity (Wildman–Crippen MR) is 56.7 cm³/mol. The van der Waals surface area contributed by atoms with Gasteiger partial charge in [-0.1, -0.05) is 12.1 Å². The predicted octanol–water partition coefficient (Wildman–Crippen LogP) is 2.79. The highest BCUT2D eigenvalue weighted by Gasteiger charge is 2.03. The molecule has 0 aliphatic heterocycles. The number of benzene rings is 1. The van der Waals surface area contributed by atoms with E-state index in [1.165, 1.54) is 12.1 Å². The third-order valence-corrected chi connectivity index (χ3v) is 1.85. The molecule has 0 radical (unpaired) electrons. The molecule has 0 aromatic heterocycles. The number of hydrogen-bond donors (Lipinski definition) is 0. The fraction of sp³-hybridized carbons (Fsp3) is 0.250. The van der Waals surface area contributed by atoms with Crippen molar-refractivity contribution in [1.82, 2.24) is 0 Å². The monoisotopic (exact) mass is 208 g/mol. The fourth-order valence-corrected chi connectivity index (χ4v) is 1.11. The molecule has 0 saturated heterocycles. The summed E-state index contributed by atoms with van der Waals surface area (Å²) in [5.74, 6) is -0.636. The minimum absolute atomic E-state index is 0.291. The summed E-state index contributed by atoms with van der Waals surface area (Å²) in [5, 5.41) is 0. The lowest BCUT2D eigenvalue weighted by Gasteiger charge is -2.01. The van der Waals surface area contributed by atoms with Gasteiger partial charge in [-0.05, 0) is 37.6 Å². The van der Waals surface area contributed by atoms with Gasteiger partial charge >= 0.3 is 5.97 Å². The van der Waals surface area contributed by atoms with Crippen molar-refractivity contribution in [3.8, 4) is 0 Å². The highest BCUT2D eigenvalue weighted by Crippen LogP contribution is 2.09. The first-order valence-electron chi connectivity index (χ1n) is 4.74. The van der Waals surface area contributed by atoms with E-state index >= 15 is 0 Å². The van der Waals surface area contributed by atoms with E-state index in [0.717, 1.165) is 5.56 Å². The molecule has 0 aliphatic carbocycles. The maximum absolute atomic E-state index is 12.6. The second-order valence-corrected chi connectivity index (χ2v) is 3.10. The first-order valence-corrected chi connectivity index (χ1v) is 4.74. The molecule has 80 valence electrons. The van der Waals surface area contributed by atoms with Crippen LogP contribution in [0.5, 0.6) is 0 Å². The van der Waals surface area contributed by atoms with Crippen molar-refractivity contribution in [3.63, 3.8) is 0 Å². The summed E-state index contributed by atoms with van der Waals surface area (Å²) in [5.41, 5.74) is 1.28. The van der Waals surface area contributed by atoms with Crippen LogP contribution in [-0.2, 0) is 9.53 Å². The van der Waals surface area contributed by atoms with Crippen LogP contribution in [0.4, 0.5) is 4.39 Å². The summed E-state index contributed by atoms with van der Waals surface area (Å²) in [6.07, 6.45) is 1.66. The lowest BCUT2D eigenvalue weighted by atomic mass is 10.1. The Balaban J connectivity index is 2.78. The van der Waals surface area contributed by atoms with Gasteiger partial charge in [0.15, 0.2) is 0 Å². The molecule has 2 nitrogen and oxygen atoms in total. The third kappa shape index (κ3) is 3.54. The first kappa shape index (κ1) is 11.4. The summed E-state index contributed by atoms with van der Waals surface area (Å²) in [4.78, 5) is 11.2. The average Bonchev–Trinajstić information content (AvgIpc) is 2.22. The van der Waals surface area contributed by atoms with E-state index < -0.39 is 0 Å². The van der Waals surface area contributed by atoms with Crippen molar-refractivity contribution in [2.75, 3.05) is 6.61 Å². The van der Waals surface area contributed by atoms with E-state index in [1.807, 2.05) is 0 Å². The molecule has 15 heavy (non-hydrogen) atoms. The quantitative estimate of drug-likeness (QED) is 0.564. The molecule has 0 spiro atoms. The van der Waals surface area contributed by atoms with Gasteiger partial charge in [0.2, 0.25) is 0 Å². The number of rotatable bonds is 3. The minimum atomic E-state index is -0.346. The van der Waals surface area contributed by atoms with Gasteiger partial charge in [-0.15, -0.1) is 0 Å². The second kappa shape index (κ2) is 5.29. The van der Waals surface area contributed by atoms with Gasteiger partial charge in [0.25, 0.3) is 0 Å². The second-order valence-electron chi connectivity index (χ2n) is 3.10. The van der Waals surface area contributed by atoms with Crippen LogP contribution in [0, 0.1) is 5.82 Å². The Kier molecular flexibility index (Phi) is 4.03. The molecule has 0 heterocycles. The number of carbonyl (C=O) groups is 1. The van der Waals surface area contributed by atoms with Crippen molar-refractivity contribution >= 4 is 12.0 Å². The molecule has 0 N–H and O–H groups in total. The molecule has 1 aromatic rings. The third-order valence-electron chi connectivity index (χ3n) is 1.85. The molecule has 1 rings (SSSR count). The Bertz CT molecular complexity index is 366. The highest BCUT2D eigenvalue weighted by molar-refractivity contribution is 5.92. The summed E-state index contributed by atoms with van der Waals surface area (Å²) >= 11 is 0. The minimum Gasteiger partial charge on any atom is -0.463 e. The summed E-state index contributed by atoms with van der Waals surface area (Å²) in [6.45, 7) is 3.78. The zero-order valence-electron chi connectivity index (χ0n) is 8.79. The topological polar surface area (TPSA) is 26.3 Å². The van der Waals surface area contributed by atoms with Crippen molar-refractivity contribution in [2.45, 2.75) is 13.8 Å². The van der Waals surface area contributed by atoms with E-state index in [9.17, 15) is 9.18 Å². The Morgan fingerprint density at radius 3 is 2.53 bits per heavy atom. The molecular formula is C12H13FO2. The average molecular weight is 208 g/mol. The molecule has 0 amide bonds. The molecule has 0 saturated carbocycles. The zero-order valence-corrected chi connectivity index (χ0v) is 8.79. The normalized spacial score (nSPS) is 11.3. The molecule has 0 fully saturated rings. The Hall–Kier alpha value is -1.64. The fourth-order valence-electron chi connectivity index (χ4n) is 1.11. The molecule has 1 aromatic carbocycles. The zero-order chi connectivity index (χ0) is 11.3. The molecule has 0 aliphatic rings. The molecule has 0 unspecified atom stereocenters. The van der Waals surface area contributed by atoms with Gasteiger partial charge in [0.1, 0.15) is 5.82 Å². The SMILES string of the molecule is CCOC(=O)C(C)=Cc1ccc(F)cc1. The summed E-state index contributed by atoms with van der Waals surface area (Å²) in [7, 11) is 0. The van der Waals surface area contributed by atoms with Crippen LogP contribution in [0.25, 0.3) is 6.08 Å². The number of esters is 1. The number of ether oxygens (including phenoxy) is 1. The van der Waals surface area contributed by atoms with Crippen LogP contribution in [0.15, 0.2) is 29.8 Å². The lowest BCUT2D eigenvalue weighted by molar-refractivity contribution is -0.138. The van der Waals surface area contributed by atoms with Gasteiger partial charge in [-0.2, -0.15) is 0 Å². The van der Waals surface area contributed by atoms with Crippen LogP contribution in [-0.4, -0.2) is 12.6 Å². The highest BCUT2D eigenvalue weighted by atomic mass is 19.1. The van der Waals surface area contributed by atoms with Crippen LogP contribution in [0.3, 0.4) is 0 Å². The van der Waals surface area contributed by atoms with Crippen LogP contribution < -0.4 is 0 Å². The van der Waals surface area contributed by atoms with Gasteiger partial charge < -0.3 is 4.74 Å². The van der Waals surface area contributed by atoms with Crippen LogP contribution in [0.1, 0.15) is 19.4 Å². The van der Waals surface area contributed by atoms with Gasteiger partial charge in [0, 0.05) is 5.57 Å². The van der Waals surface area contributed by atoms with Crippen molar-refractivity contribution < 1.29 is 13.9 Å². The number of carbonyl (C=O) groups excluding carboxylic acids is 1.